The van der Waals surface area contributed by atoms with Crippen LogP contribution in [0.4, 0.5) is 5.69 Å². The van der Waals surface area contributed by atoms with E-state index in [0.29, 0.717) is 31.0 Å². The smallest absolute Gasteiger partial charge is 0.159 e. The average molecular weight is 328 g/mol. The number of aryl methyl sites for hydroxylation is 1. The number of hydrogen-bond donors (Lipinski definition) is 1. The minimum Gasteiger partial charge on any atom is -0.494 e. The number of aromatic nitrogens is 3. The summed E-state index contributed by atoms with van der Waals surface area (Å²) in [6.07, 6.45) is 6.62. The van der Waals surface area contributed by atoms with Crippen LogP contribution >= 0.6 is 0 Å². The number of anilines is 1. The van der Waals surface area contributed by atoms with Crippen LogP contribution in [-0.4, -0.2) is 33.2 Å². The minimum atomic E-state index is 0.270. The molecule has 0 radical (unpaired) electrons. The Kier molecular flexibility index (Phi) is 4.83. The average Bonchev–Trinajstić information content (AvgIpc) is 3.01. The molecule has 0 bridgehead atoms. The number of ketones is 1. The van der Waals surface area contributed by atoms with Gasteiger partial charge >= 0.3 is 0 Å². The molecular weight excluding hydrogens is 304 g/mol. The molecule has 128 valence electrons. The minimum absolute atomic E-state index is 0.270. The second-order valence-corrected chi connectivity index (χ2v) is 6.06. The highest BCUT2D eigenvalue weighted by atomic mass is 16.5. The van der Waals surface area contributed by atoms with Gasteiger partial charge < -0.3 is 10.1 Å². The van der Waals surface area contributed by atoms with E-state index in [0.717, 1.165) is 41.7 Å². The summed E-state index contributed by atoms with van der Waals surface area (Å²) in [6, 6.07) is 0.270. The third-order valence-corrected chi connectivity index (χ3v) is 4.48. The molecule has 2 heterocycles. The Hall–Kier alpha value is -2.37. The number of ether oxygens (including phenoxy) is 1. The van der Waals surface area contributed by atoms with E-state index in [1.54, 1.807) is 6.20 Å². The van der Waals surface area contributed by atoms with Gasteiger partial charge in [0.2, 0.25) is 0 Å². The van der Waals surface area contributed by atoms with Crippen LogP contribution in [0.25, 0.3) is 16.8 Å². The molecule has 2 aromatic rings. The number of Topliss-reactive ketones (excluding diaryl/α,β-unsaturated/α-hetero) is 1. The van der Waals surface area contributed by atoms with Gasteiger partial charge in [0.15, 0.2) is 5.65 Å². The number of carbonyl (C=O) groups excluding carboxylic acids is 1. The van der Waals surface area contributed by atoms with Crippen LogP contribution in [0.3, 0.4) is 0 Å². The van der Waals surface area contributed by atoms with Gasteiger partial charge in [0, 0.05) is 31.6 Å². The number of nitrogens with one attached hydrogen (secondary N) is 1. The van der Waals surface area contributed by atoms with Gasteiger partial charge in [0.1, 0.15) is 11.5 Å². The van der Waals surface area contributed by atoms with Crippen molar-refractivity contribution in [3.8, 4) is 0 Å². The third-order valence-electron chi connectivity index (χ3n) is 4.48. The van der Waals surface area contributed by atoms with Crippen LogP contribution in [0.2, 0.25) is 0 Å². The summed E-state index contributed by atoms with van der Waals surface area (Å²) in [5.41, 5.74) is 2.66. The third kappa shape index (κ3) is 3.13. The summed E-state index contributed by atoms with van der Waals surface area (Å²) in [7, 11) is 0. The van der Waals surface area contributed by atoms with Gasteiger partial charge in [-0.05, 0) is 26.7 Å². The lowest BCUT2D eigenvalue weighted by Crippen LogP contribution is -2.26. The van der Waals surface area contributed by atoms with E-state index < -0.39 is 0 Å². The second-order valence-electron chi connectivity index (χ2n) is 6.06. The van der Waals surface area contributed by atoms with Gasteiger partial charge in [-0.3, -0.25) is 4.79 Å². The van der Waals surface area contributed by atoms with Gasteiger partial charge in [-0.2, -0.15) is 5.10 Å². The highest BCUT2D eigenvalue weighted by molar-refractivity contribution is 5.95. The van der Waals surface area contributed by atoms with Crippen LogP contribution in [0.5, 0.6) is 0 Å². The fourth-order valence-electron chi connectivity index (χ4n) is 3.17. The lowest BCUT2D eigenvalue weighted by Gasteiger charge is -2.25. The maximum atomic E-state index is 11.5. The fraction of sp³-hybridized carbons (Fsp3) is 0.500. The summed E-state index contributed by atoms with van der Waals surface area (Å²) in [6.45, 7) is 9.33. The Morgan fingerprint density at radius 1 is 1.38 bits per heavy atom. The number of rotatable bonds is 6. The van der Waals surface area contributed by atoms with Gasteiger partial charge in [-0.25, -0.2) is 9.67 Å². The lowest BCUT2D eigenvalue weighted by molar-refractivity contribution is -0.120. The van der Waals surface area contributed by atoms with E-state index in [1.165, 1.54) is 0 Å². The number of hydrogen-bond acceptors (Lipinski definition) is 5. The maximum absolute atomic E-state index is 11.5. The van der Waals surface area contributed by atoms with Crippen molar-refractivity contribution < 1.29 is 9.53 Å². The molecule has 24 heavy (non-hydrogen) atoms. The molecule has 1 saturated carbocycles. The van der Waals surface area contributed by atoms with E-state index in [-0.39, 0.29) is 6.04 Å². The van der Waals surface area contributed by atoms with Crippen LogP contribution in [0.15, 0.2) is 19.0 Å². The Bertz CT molecular complexity index is 756. The molecule has 1 aliphatic rings. The SMILES string of the molecule is C=C(OCC)c1cnc2c(cnn2CC)c1NC1CCC(=O)CC1. The van der Waals surface area contributed by atoms with E-state index in [9.17, 15) is 4.79 Å². The second kappa shape index (κ2) is 7.03. The van der Waals surface area contributed by atoms with Crippen LogP contribution in [0.1, 0.15) is 45.1 Å². The molecule has 6 nitrogen and oxygen atoms in total. The first-order valence-electron chi connectivity index (χ1n) is 8.58. The molecule has 0 saturated heterocycles. The summed E-state index contributed by atoms with van der Waals surface area (Å²) in [4.78, 5) is 16.0. The summed E-state index contributed by atoms with van der Waals surface area (Å²) in [5, 5.41) is 8.98. The Morgan fingerprint density at radius 2 is 2.12 bits per heavy atom. The first-order valence-corrected chi connectivity index (χ1v) is 8.58. The van der Waals surface area contributed by atoms with E-state index in [4.69, 9.17) is 4.74 Å². The zero-order chi connectivity index (χ0) is 17.1. The zero-order valence-electron chi connectivity index (χ0n) is 14.3. The van der Waals surface area contributed by atoms with Crippen molar-refractivity contribution in [3.05, 3.63) is 24.5 Å². The monoisotopic (exact) mass is 328 g/mol. The van der Waals surface area contributed by atoms with Crippen LogP contribution < -0.4 is 5.32 Å². The summed E-state index contributed by atoms with van der Waals surface area (Å²) >= 11 is 0. The lowest BCUT2D eigenvalue weighted by atomic mass is 9.94. The molecule has 1 fully saturated rings. The molecule has 2 aromatic heterocycles. The van der Waals surface area contributed by atoms with Crippen LogP contribution in [-0.2, 0) is 16.1 Å². The largest absolute Gasteiger partial charge is 0.494 e. The summed E-state index contributed by atoms with van der Waals surface area (Å²) < 4.78 is 7.47. The molecule has 0 unspecified atom stereocenters. The zero-order valence-corrected chi connectivity index (χ0v) is 14.3. The highest BCUT2D eigenvalue weighted by Gasteiger charge is 2.22. The van der Waals surface area contributed by atoms with Gasteiger partial charge in [-0.1, -0.05) is 6.58 Å². The van der Waals surface area contributed by atoms with Crippen LogP contribution in [0, 0.1) is 0 Å². The van der Waals surface area contributed by atoms with Crippen molar-refractivity contribution >= 4 is 28.3 Å². The normalized spacial score (nSPS) is 15.7. The number of nitrogens with zero attached hydrogens (tertiary/aromatic N) is 3. The van der Waals surface area contributed by atoms with Crippen molar-refractivity contribution in [1.82, 2.24) is 14.8 Å². The molecule has 0 aromatic carbocycles. The van der Waals surface area contributed by atoms with Crippen molar-refractivity contribution in [2.45, 2.75) is 52.1 Å². The van der Waals surface area contributed by atoms with Crippen molar-refractivity contribution in [1.29, 1.82) is 0 Å². The van der Waals surface area contributed by atoms with E-state index >= 15 is 0 Å². The number of carbonyl (C=O) groups is 1. The molecule has 0 aliphatic heterocycles. The number of fused-ring (bicyclic) bond motifs is 1. The first kappa shape index (κ1) is 16.5. The summed E-state index contributed by atoms with van der Waals surface area (Å²) in [5.74, 6) is 0.955. The molecule has 1 aliphatic carbocycles. The quantitative estimate of drug-likeness (QED) is 0.823. The molecular formula is C18H24N4O2. The molecule has 0 atom stereocenters. The number of pyridine rings is 1. The molecule has 3 rings (SSSR count). The first-order chi connectivity index (χ1) is 11.6. The predicted octanol–water partition coefficient (Wildman–Crippen LogP) is 3.38. The standard InChI is InChI=1S/C18H24N4O2/c1-4-22-18-16(11-20-22)17(15(10-19-18)12(3)24-5-2)21-13-6-8-14(23)9-7-13/h10-11,13H,3-9H2,1-2H3,(H,19,21). The molecule has 6 heteroatoms. The van der Waals surface area contributed by atoms with Gasteiger partial charge in [0.05, 0.1) is 29.4 Å². The molecule has 0 spiro atoms. The highest BCUT2D eigenvalue weighted by Crippen LogP contribution is 2.32. The Balaban J connectivity index is 2.00. The van der Waals surface area contributed by atoms with Gasteiger partial charge in [-0.15, -0.1) is 0 Å². The van der Waals surface area contributed by atoms with E-state index in [2.05, 4.69) is 22.0 Å². The fourth-order valence-corrected chi connectivity index (χ4v) is 3.17. The Labute approximate surface area is 141 Å². The van der Waals surface area contributed by atoms with Crippen molar-refractivity contribution in [3.63, 3.8) is 0 Å². The Morgan fingerprint density at radius 3 is 2.79 bits per heavy atom. The maximum Gasteiger partial charge on any atom is 0.159 e. The molecule has 1 N–H and O–H groups in total. The predicted molar refractivity (Wildman–Crippen MR) is 94.7 cm³/mol. The molecule has 0 amide bonds. The van der Waals surface area contributed by atoms with Gasteiger partial charge in [0.25, 0.3) is 0 Å². The topological polar surface area (TPSA) is 69.0 Å². The van der Waals surface area contributed by atoms with E-state index in [1.807, 2.05) is 24.7 Å². The van der Waals surface area contributed by atoms with Crippen molar-refractivity contribution in [2.24, 2.45) is 0 Å². The van der Waals surface area contributed by atoms with Crippen molar-refractivity contribution in [2.75, 3.05) is 11.9 Å².